The molecule has 0 saturated heterocycles. The normalized spacial score (nSPS) is 15.1. The Kier molecular flexibility index (Phi) is 3.26. The summed E-state index contributed by atoms with van der Waals surface area (Å²) in [6, 6.07) is 10.5. The molecule has 1 N–H and O–H groups in total. The predicted molar refractivity (Wildman–Crippen MR) is 80.5 cm³/mol. The first-order valence-corrected chi connectivity index (χ1v) is 8.21. The van der Waals surface area contributed by atoms with Gasteiger partial charge in [-0.2, -0.15) is 4.31 Å². The van der Waals surface area contributed by atoms with E-state index in [1.54, 1.807) is 24.3 Å². The van der Waals surface area contributed by atoms with Crippen molar-refractivity contribution >= 4 is 10.0 Å². The quantitative estimate of drug-likeness (QED) is 0.928. The Labute approximate surface area is 124 Å². The molecule has 0 spiro atoms. The maximum absolute atomic E-state index is 12.7. The van der Waals surface area contributed by atoms with Gasteiger partial charge in [-0.3, -0.25) is 0 Å². The molecule has 4 nitrogen and oxygen atoms in total. The largest absolute Gasteiger partial charge is 0.507 e. The number of aryl methyl sites for hydroxylation is 2. The zero-order valence-electron chi connectivity index (χ0n) is 12.0. The molecule has 2 aromatic rings. The number of nitrogens with zero attached hydrogens (tertiary/aromatic N) is 1. The molecule has 2 aromatic carbocycles. The lowest BCUT2D eigenvalue weighted by Crippen LogP contribution is -2.25. The highest BCUT2D eigenvalue weighted by Crippen LogP contribution is 2.35. The van der Waals surface area contributed by atoms with Gasteiger partial charge in [-0.05, 0) is 37.1 Å². The van der Waals surface area contributed by atoms with Gasteiger partial charge in [0.1, 0.15) is 5.75 Å². The minimum Gasteiger partial charge on any atom is -0.507 e. The van der Waals surface area contributed by atoms with Crippen LogP contribution in [0.25, 0.3) is 0 Å². The van der Waals surface area contributed by atoms with E-state index in [2.05, 4.69) is 0 Å². The minimum atomic E-state index is -3.53. The molecule has 0 bridgehead atoms. The van der Waals surface area contributed by atoms with Crippen molar-refractivity contribution in [2.75, 3.05) is 0 Å². The highest BCUT2D eigenvalue weighted by Gasteiger charge is 2.32. The van der Waals surface area contributed by atoms with E-state index in [1.807, 2.05) is 26.0 Å². The molecule has 0 amide bonds. The van der Waals surface area contributed by atoms with Crippen LogP contribution in [0.15, 0.2) is 41.3 Å². The first-order valence-electron chi connectivity index (χ1n) is 6.77. The molecule has 0 aromatic heterocycles. The number of rotatable bonds is 2. The van der Waals surface area contributed by atoms with E-state index in [1.165, 1.54) is 4.31 Å². The third-order valence-electron chi connectivity index (χ3n) is 3.92. The van der Waals surface area contributed by atoms with Gasteiger partial charge in [0.15, 0.2) is 0 Å². The van der Waals surface area contributed by atoms with E-state index in [-0.39, 0.29) is 17.2 Å². The van der Waals surface area contributed by atoms with Gasteiger partial charge >= 0.3 is 0 Å². The van der Waals surface area contributed by atoms with Gasteiger partial charge in [-0.1, -0.05) is 29.8 Å². The molecule has 21 heavy (non-hydrogen) atoms. The van der Waals surface area contributed by atoms with Crippen molar-refractivity contribution in [1.29, 1.82) is 0 Å². The van der Waals surface area contributed by atoms with Crippen LogP contribution in [0, 0.1) is 13.8 Å². The van der Waals surface area contributed by atoms with Gasteiger partial charge < -0.3 is 5.11 Å². The Morgan fingerprint density at radius 2 is 1.67 bits per heavy atom. The standard InChI is InChI=1S/C16H17NO3S/c1-11-3-7-14(8-4-11)21(19,20)17-9-13-6-5-12(2)16(18)15(13)10-17/h3-8,18H,9-10H2,1-2H3. The lowest BCUT2D eigenvalue weighted by Gasteiger charge is -2.15. The average Bonchev–Trinajstić information content (AvgIpc) is 2.89. The summed E-state index contributed by atoms with van der Waals surface area (Å²) in [5.74, 6) is 0.203. The van der Waals surface area contributed by atoms with E-state index in [0.717, 1.165) is 16.7 Å². The Morgan fingerprint density at radius 1 is 1.00 bits per heavy atom. The fraction of sp³-hybridized carbons (Fsp3) is 0.250. The second-order valence-electron chi connectivity index (χ2n) is 5.45. The Bertz CT molecular complexity index is 795. The lowest BCUT2D eigenvalue weighted by atomic mass is 10.1. The van der Waals surface area contributed by atoms with Crippen molar-refractivity contribution in [1.82, 2.24) is 4.31 Å². The first-order chi connectivity index (χ1) is 9.89. The Hall–Kier alpha value is -1.85. The molecular weight excluding hydrogens is 286 g/mol. The van der Waals surface area contributed by atoms with Crippen LogP contribution in [0.3, 0.4) is 0 Å². The predicted octanol–water partition coefficient (Wildman–Crippen LogP) is 2.71. The molecule has 1 heterocycles. The number of phenolic OH excluding ortho intramolecular Hbond substituents is 1. The average molecular weight is 303 g/mol. The van der Waals surface area contributed by atoms with Crippen LogP contribution in [0.1, 0.15) is 22.3 Å². The monoisotopic (exact) mass is 303 g/mol. The molecule has 110 valence electrons. The van der Waals surface area contributed by atoms with Crippen molar-refractivity contribution in [3.05, 3.63) is 58.7 Å². The van der Waals surface area contributed by atoms with Crippen molar-refractivity contribution in [3.63, 3.8) is 0 Å². The third kappa shape index (κ3) is 2.32. The molecule has 0 atom stereocenters. The van der Waals surface area contributed by atoms with Crippen LogP contribution < -0.4 is 0 Å². The molecule has 0 radical (unpaired) electrons. The summed E-state index contributed by atoms with van der Waals surface area (Å²) in [4.78, 5) is 0.289. The summed E-state index contributed by atoms with van der Waals surface area (Å²) in [7, 11) is -3.53. The molecule has 0 saturated carbocycles. The summed E-state index contributed by atoms with van der Waals surface area (Å²) in [6.07, 6.45) is 0. The number of benzene rings is 2. The molecule has 3 rings (SSSR count). The molecule has 1 aliphatic heterocycles. The second kappa shape index (κ2) is 4.86. The van der Waals surface area contributed by atoms with Crippen molar-refractivity contribution in [2.45, 2.75) is 31.8 Å². The maximum atomic E-state index is 12.7. The maximum Gasteiger partial charge on any atom is 0.243 e. The van der Waals surface area contributed by atoms with Crippen molar-refractivity contribution in [3.8, 4) is 5.75 Å². The molecule has 0 fully saturated rings. The van der Waals surface area contributed by atoms with Gasteiger partial charge in [0, 0.05) is 18.7 Å². The van der Waals surface area contributed by atoms with Gasteiger partial charge in [0.05, 0.1) is 4.90 Å². The highest BCUT2D eigenvalue weighted by atomic mass is 32.2. The van der Waals surface area contributed by atoms with Gasteiger partial charge in [-0.25, -0.2) is 8.42 Å². The fourth-order valence-corrected chi connectivity index (χ4v) is 3.96. The summed E-state index contributed by atoms with van der Waals surface area (Å²) < 4.78 is 26.7. The second-order valence-corrected chi connectivity index (χ2v) is 7.39. The number of fused-ring (bicyclic) bond motifs is 1. The van der Waals surface area contributed by atoms with E-state index >= 15 is 0 Å². The van der Waals surface area contributed by atoms with Gasteiger partial charge in [-0.15, -0.1) is 0 Å². The van der Waals surface area contributed by atoms with E-state index in [4.69, 9.17) is 0 Å². The van der Waals surface area contributed by atoms with Crippen LogP contribution in [-0.2, 0) is 23.1 Å². The van der Waals surface area contributed by atoms with Crippen LogP contribution in [0.4, 0.5) is 0 Å². The van der Waals surface area contributed by atoms with E-state index < -0.39 is 10.0 Å². The summed E-state index contributed by atoms with van der Waals surface area (Å²) >= 11 is 0. The van der Waals surface area contributed by atoms with Crippen LogP contribution >= 0.6 is 0 Å². The zero-order valence-corrected chi connectivity index (χ0v) is 12.8. The fourth-order valence-electron chi connectivity index (χ4n) is 2.57. The number of hydrogen-bond donors (Lipinski definition) is 1. The van der Waals surface area contributed by atoms with Gasteiger partial charge in [0.2, 0.25) is 10.0 Å². The SMILES string of the molecule is Cc1ccc(S(=O)(=O)N2Cc3ccc(C)c(O)c3C2)cc1. The molecule has 1 aliphatic rings. The first kappa shape index (κ1) is 14.1. The summed E-state index contributed by atoms with van der Waals surface area (Å²) in [5, 5.41) is 10.1. The van der Waals surface area contributed by atoms with Crippen molar-refractivity contribution < 1.29 is 13.5 Å². The number of hydrogen-bond acceptors (Lipinski definition) is 3. The summed E-state index contributed by atoms with van der Waals surface area (Å²) in [5.41, 5.74) is 3.37. The van der Waals surface area contributed by atoms with Crippen LogP contribution in [0.2, 0.25) is 0 Å². The zero-order chi connectivity index (χ0) is 15.2. The molecule has 5 heteroatoms. The van der Waals surface area contributed by atoms with Crippen LogP contribution in [0.5, 0.6) is 5.75 Å². The Balaban J connectivity index is 1.97. The topological polar surface area (TPSA) is 57.6 Å². The van der Waals surface area contributed by atoms with Crippen LogP contribution in [-0.4, -0.2) is 17.8 Å². The van der Waals surface area contributed by atoms with Gasteiger partial charge in [0.25, 0.3) is 0 Å². The molecule has 0 aliphatic carbocycles. The highest BCUT2D eigenvalue weighted by molar-refractivity contribution is 7.89. The summed E-state index contributed by atoms with van der Waals surface area (Å²) in [6.45, 7) is 4.26. The lowest BCUT2D eigenvalue weighted by molar-refractivity contribution is 0.421. The minimum absolute atomic E-state index is 0.203. The molecular formula is C16H17NO3S. The third-order valence-corrected chi connectivity index (χ3v) is 5.73. The smallest absolute Gasteiger partial charge is 0.243 e. The van der Waals surface area contributed by atoms with Crippen molar-refractivity contribution in [2.24, 2.45) is 0 Å². The van der Waals surface area contributed by atoms with E-state index in [0.29, 0.717) is 12.1 Å². The number of sulfonamides is 1. The Morgan fingerprint density at radius 3 is 2.33 bits per heavy atom. The number of phenols is 1. The van der Waals surface area contributed by atoms with E-state index in [9.17, 15) is 13.5 Å². The molecule has 0 unspecified atom stereocenters. The number of aromatic hydroxyl groups is 1.